The second kappa shape index (κ2) is 5.63. The van der Waals surface area contributed by atoms with Crippen LogP contribution in [0.15, 0.2) is 40.6 Å². The van der Waals surface area contributed by atoms with E-state index < -0.39 is 10.0 Å². The highest BCUT2D eigenvalue weighted by Gasteiger charge is 2.20. The quantitative estimate of drug-likeness (QED) is 0.934. The van der Waals surface area contributed by atoms with Gasteiger partial charge in [-0.3, -0.25) is 0 Å². The van der Waals surface area contributed by atoms with Gasteiger partial charge >= 0.3 is 0 Å². The molecule has 1 heterocycles. The summed E-state index contributed by atoms with van der Waals surface area (Å²) < 4.78 is 27.7. The van der Waals surface area contributed by atoms with Crippen molar-refractivity contribution in [1.82, 2.24) is 4.72 Å². The zero-order valence-electron chi connectivity index (χ0n) is 10.6. The van der Waals surface area contributed by atoms with Crippen molar-refractivity contribution < 1.29 is 8.42 Å². The SMILES string of the molecule is Cc1ccccc1C(C)NS(=O)(=O)c1ccc(Cl)s1. The summed E-state index contributed by atoms with van der Waals surface area (Å²) in [7, 11) is -3.52. The van der Waals surface area contributed by atoms with E-state index in [1.807, 2.05) is 38.1 Å². The van der Waals surface area contributed by atoms with Gasteiger partial charge in [-0.25, -0.2) is 13.1 Å². The molecule has 1 aromatic carbocycles. The molecule has 19 heavy (non-hydrogen) atoms. The largest absolute Gasteiger partial charge is 0.250 e. The minimum Gasteiger partial charge on any atom is -0.206 e. The zero-order valence-corrected chi connectivity index (χ0v) is 12.9. The van der Waals surface area contributed by atoms with E-state index in [4.69, 9.17) is 11.6 Å². The number of benzene rings is 1. The summed E-state index contributed by atoms with van der Waals surface area (Å²) in [6.07, 6.45) is 0. The number of hydrogen-bond donors (Lipinski definition) is 1. The lowest BCUT2D eigenvalue weighted by Crippen LogP contribution is -2.26. The molecule has 0 amide bonds. The van der Waals surface area contributed by atoms with Crippen LogP contribution < -0.4 is 4.72 Å². The molecular weight excluding hydrogens is 302 g/mol. The average molecular weight is 316 g/mol. The Balaban J connectivity index is 2.24. The van der Waals surface area contributed by atoms with Gasteiger partial charge in [0.25, 0.3) is 10.0 Å². The van der Waals surface area contributed by atoms with Crippen molar-refractivity contribution in [2.24, 2.45) is 0 Å². The predicted octanol–water partition coefficient (Wildman–Crippen LogP) is 3.75. The Hall–Kier alpha value is -0.880. The van der Waals surface area contributed by atoms with Crippen LogP contribution in [0.2, 0.25) is 4.34 Å². The van der Waals surface area contributed by atoms with E-state index in [0.29, 0.717) is 4.34 Å². The monoisotopic (exact) mass is 315 g/mol. The van der Waals surface area contributed by atoms with Crippen molar-refractivity contribution in [3.63, 3.8) is 0 Å². The standard InChI is InChI=1S/C13H14ClNO2S2/c1-9-5-3-4-6-11(9)10(2)15-19(16,17)13-8-7-12(14)18-13/h3-8,10,15H,1-2H3. The number of nitrogens with one attached hydrogen (secondary N) is 1. The van der Waals surface area contributed by atoms with Crippen LogP contribution in [0, 0.1) is 6.92 Å². The molecule has 2 aromatic rings. The summed E-state index contributed by atoms with van der Waals surface area (Å²) in [6, 6.07) is 10.5. The molecule has 0 aliphatic heterocycles. The molecule has 102 valence electrons. The Morgan fingerprint density at radius 1 is 1.21 bits per heavy atom. The fourth-order valence-corrected chi connectivity index (χ4v) is 4.59. The average Bonchev–Trinajstić information content (AvgIpc) is 2.76. The van der Waals surface area contributed by atoms with Gasteiger partial charge in [0, 0.05) is 6.04 Å². The number of thiophene rings is 1. The first kappa shape index (κ1) is 14.5. The summed E-state index contributed by atoms with van der Waals surface area (Å²) in [5.74, 6) is 0. The van der Waals surface area contributed by atoms with Crippen LogP contribution in [0.3, 0.4) is 0 Å². The van der Waals surface area contributed by atoms with Crippen molar-refractivity contribution >= 4 is 33.0 Å². The molecule has 0 radical (unpaired) electrons. The Labute approximate surface area is 122 Å². The lowest BCUT2D eigenvalue weighted by molar-refractivity contribution is 0.568. The van der Waals surface area contributed by atoms with E-state index in [1.54, 1.807) is 6.07 Å². The molecule has 6 heteroatoms. The molecule has 0 bridgehead atoms. The van der Waals surface area contributed by atoms with Gasteiger partial charge < -0.3 is 0 Å². The zero-order chi connectivity index (χ0) is 14.0. The lowest BCUT2D eigenvalue weighted by atomic mass is 10.0. The summed E-state index contributed by atoms with van der Waals surface area (Å²) in [5, 5.41) is 0. The topological polar surface area (TPSA) is 46.2 Å². The van der Waals surface area contributed by atoms with E-state index in [2.05, 4.69) is 4.72 Å². The van der Waals surface area contributed by atoms with E-state index >= 15 is 0 Å². The molecule has 2 rings (SSSR count). The number of rotatable bonds is 4. The van der Waals surface area contributed by atoms with E-state index in [0.717, 1.165) is 22.5 Å². The van der Waals surface area contributed by atoms with Gasteiger partial charge in [-0.05, 0) is 37.1 Å². The highest BCUT2D eigenvalue weighted by atomic mass is 35.5. The fourth-order valence-electron chi connectivity index (χ4n) is 1.87. The van der Waals surface area contributed by atoms with Gasteiger partial charge in [-0.2, -0.15) is 0 Å². The molecule has 0 spiro atoms. The third-order valence-corrected chi connectivity index (χ3v) is 6.06. The van der Waals surface area contributed by atoms with Crippen molar-refractivity contribution in [3.8, 4) is 0 Å². The first-order valence-corrected chi connectivity index (χ1v) is 8.41. The molecule has 1 unspecified atom stereocenters. The van der Waals surface area contributed by atoms with Gasteiger partial charge in [-0.1, -0.05) is 35.9 Å². The van der Waals surface area contributed by atoms with Gasteiger partial charge in [0.05, 0.1) is 4.34 Å². The Morgan fingerprint density at radius 3 is 2.47 bits per heavy atom. The molecule has 0 aliphatic carbocycles. The van der Waals surface area contributed by atoms with E-state index in [1.165, 1.54) is 6.07 Å². The molecule has 1 N–H and O–H groups in total. The first-order valence-electron chi connectivity index (χ1n) is 5.73. The number of hydrogen-bond acceptors (Lipinski definition) is 3. The van der Waals surface area contributed by atoms with E-state index in [9.17, 15) is 8.42 Å². The Morgan fingerprint density at radius 2 is 1.89 bits per heavy atom. The van der Waals surface area contributed by atoms with Gasteiger partial charge in [0.15, 0.2) is 0 Å². The molecular formula is C13H14ClNO2S2. The summed E-state index contributed by atoms with van der Waals surface area (Å²) >= 11 is 6.82. The second-order valence-electron chi connectivity index (χ2n) is 4.26. The minimum atomic E-state index is -3.52. The molecule has 0 saturated carbocycles. The van der Waals surface area contributed by atoms with Crippen molar-refractivity contribution in [3.05, 3.63) is 51.9 Å². The molecule has 0 fully saturated rings. The lowest BCUT2D eigenvalue weighted by Gasteiger charge is -2.15. The first-order chi connectivity index (χ1) is 8.90. The number of halogens is 1. The number of aryl methyl sites for hydroxylation is 1. The summed E-state index contributed by atoms with van der Waals surface area (Å²) in [4.78, 5) is 0. The molecule has 1 atom stereocenters. The Bertz CT molecular complexity index is 679. The van der Waals surface area contributed by atoms with Crippen molar-refractivity contribution in [1.29, 1.82) is 0 Å². The molecule has 1 aromatic heterocycles. The fraction of sp³-hybridized carbons (Fsp3) is 0.231. The maximum absolute atomic E-state index is 12.2. The third kappa shape index (κ3) is 3.36. The highest BCUT2D eigenvalue weighted by molar-refractivity contribution is 7.91. The van der Waals surface area contributed by atoms with Crippen LogP contribution in [0.25, 0.3) is 0 Å². The molecule has 3 nitrogen and oxygen atoms in total. The van der Waals surface area contributed by atoms with Crippen LogP contribution in [0.5, 0.6) is 0 Å². The van der Waals surface area contributed by atoms with Crippen LogP contribution in [0.1, 0.15) is 24.1 Å². The molecule has 0 saturated heterocycles. The number of sulfonamides is 1. The van der Waals surface area contributed by atoms with E-state index in [-0.39, 0.29) is 10.3 Å². The van der Waals surface area contributed by atoms with Gasteiger partial charge in [0.2, 0.25) is 0 Å². The van der Waals surface area contributed by atoms with Gasteiger partial charge in [0.1, 0.15) is 4.21 Å². The normalized spacial score (nSPS) is 13.4. The highest BCUT2D eigenvalue weighted by Crippen LogP contribution is 2.27. The predicted molar refractivity (Wildman–Crippen MR) is 79.2 cm³/mol. The second-order valence-corrected chi connectivity index (χ2v) is 7.91. The van der Waals surface area contributed by atoms with Crippen molar-refractivity contribution in [2.75, 3.05) is 0 Å². The summed E-state index contributed by atoms with van der Waals surface area (Å²) in [6.45, 7) is 3.79. The van der Waals surface area contributed by atoms with Crippen LogP contribution in [-0.4, -0.2) is 8.42 Å². The third-order valence-electron chi connectivity index (χ3n) is 2.80. The van der Waals surface area contributed by atoms with Gasteiger partial charge in [-0.15, -0.1) is 11.3 Å². The minimum absolute atomic E-state index is 0.234. The maximum atomic E-state index is 12.2. The van der Waals surface area contributed by atoms with Crippen molar-refractivity contribution in [2.45, 2.75) is 24.1 Å². The summed E-state index contributed by atoms with van der Waals surface area (Å²) in [5.41, 5.74) is 2.02. The van der Waals surface area contributed by atoms with Crippen LogP contribution >= 0.6 is 22.9 Å². The maximum Gasteiger partial charge on any atom is 0.250 e. The molecule has 0 aliphatic rings. The Kier molecular flexibility index (Phi) is 4.30. The smallest absolute Gasteiger partial charge is 0.206 e. The van der Waals surface area contributed by atoms with Crippen LogP contribution in [0.4, 0.5) is 0 Å². The van der Waals surface area contributed by atoms with Crippen LogP contribution in [-0.2, 0) is 10.0 Å².